The van der Waals surface area contributed by atoms with Crippen LogP contribution in [-0.4, -0.2) is 33.7 Å². The summed E-state index contributed by atoms with van der Waals surface area (Å²) in [6, 6.07) is 3.89. The number of hydrazine groups is 1. The first-order chi connectivity index (χ1) is 10.2. The largest absolute Gasteiger partial charge is 0.481 e. The molecule has 0 saturated heterocycles. The predicted molar refractivity (Wildman–Crippen MR) is 76.9 cm³/mol. The first kappa shape index (κ1) is 14.7. The summed E-state index contributed by atoms with van der Waals surface area (Å²) < 4.78 is 10.3. The van der Waals surface area contributed by atoms with E-state index in [4.69, 9.17) is 15.3 Å². The second-order valence-electron chi connectivity index (χ2n) is 3.90. The van der Waals surface area contributed by atoms with E-state index >= 15 is 0 Å². The standard InChI is InChI=1S/C12H17N7O2/c1-3-21-12-17-10(16-11(18-12)19-13)15-7-8-4-5-14-9(6-8)20-2/h4-6H,3,7,13H2,1-2H3,(H2,15,16,17,18,19). The zero-order chi connectivity index (χ0) is 15.1. The number of pyridine rings is 1. The molecule has 9 nitrogen and oxygen atoms in total. The third-order valence-electron chi connectivity index (χ3n) is 2.48. The van der Waals surface area contributed by atoms with E-state index in [1.807, 2.05) is 19.1 Å². The molecular formula is C12H17N7O2. The monoisotopic (exact) mass is 291 g/mol. The number of methoxy groups -OCH3 is 1. The highest BCUT2D eigenvalue weighted by Gasteiger charge is 2.06. The van der Waals surface area contributed by atoms with E-state index in [1.54, 1.807) is 13.3 Å². The number of ether oxygens (including phenoxy) is 2. The van der Waals surface area contributed by atoms with Crippen LogP contribution in [0.15, 0.2) is 18.3 Å². The van der Waals surface area contributed by atoms with Gasteiger partial charge in [0.25, 0.3) is 0 Å². The number of aromatic nitrogens is 4. The predicted octanol–water partition coefficient (Wildman–Crippen LogP) is 0.572. The Hall–Kier alpha value is -2.68. The van der Waals surface area contributed by atoms with Gasteiger partial charge in [-0.15, -0.1) is 0 Å². The van der Waals surface area contributed by atoms with E-state index in [2.05, 4.69) is 30.7 Å². The van der Waals surface area contributed by atoms with Gasteiger partial charge in [0.1, 0.15) is 0 Å². The molecule has 2 heterocycles. The first-order valence-corrected chi connectivity index (χ1v) is 6.33. The number of hydrogen-bond donors (Lipinski definition) is 3. The normalized spacial score (nSPS) is 10.0. The van der Waals surface area contributed by atoms with E-state index in [1.165, 1.54) is 0 Å². The van der Waals surface area contributed by atoms with Crippen molar-refractivity contribution < 1.29 is 9.47 Å². The Morgan fingerprint density at radius 3 is 2.76 bits per heavy atom. The van der Waals surface area contributed by atoms with Crippen LogP contribution in [0.3, 0.4) is 0 Å². The molecule has 2 rings (SSSR count). The maximum Gasteiger partial charge on any atom is 0.323 e. The number of nitrogen functional groups attached to an aromatic ring is 1. The SMILES string of the molecule is CCOc1nc(NN)nc(NCc2ccnc(OC)c2)n1. The van der Waals surface area contributed by atoms with Crippen molar-refractivity contribution >= 4 is 11.9 Å². The molecule has 2 aromatic rings. The average molecular weight is 291 g/mol. The van der Waals surface area contributed by atoms with Gasteiger partial charge in [-0.1, -0.05) is 0 Å². The fourth-order valence-electron chi connectivity index (χ4n) is 1.55. The van der Waals surface area contributed by atoms with Crippen LogP contribution in [-0.2, 0) is 6.54 Å². The summed E-state index contributed by atoms with van der Waals surface area (Å²) >= 11 is 0. The van der Waals surface area contributed by atoms with Gasteiger partial charge < -0.3 is 14.8 Å². The van der Waals surface area contributed by atoms with E-state index < -0.39 is 0 Å². The van der Waals surface area contributed by atoms with Gasteiger partial charge in [0.15, 0.2) is 0 Å². The van der Waals surface area contributed by atoms with Gasteiger partial charge in [0.2, 0.25) is 17.8 Å². The summed E-state index contributed by atoms with van der Waals surface area (Å²) in [4.78, 5) is 16.2. The highest BCUT2D eigenvalue weighted by Crippen LogP contribution is 2.13. The van der Waals surface area contributed by atoms with Gasteiger partial charge in [-0.2, -0.15) is 15.0 Å². The smallest absolute Gasteiger partial charge is 0.323 e. The van der Waals surface area contributed by atoms with Crippen molar-refractivity contribution in [3.63, 3.8) is 0 Å². The van der Waals surface area contributed by atoms with Crippen LogP contribution in [0.2, 0.25) is 0 Å². The molecule has 0 unspecified atom stereocenters. The van der Waals surface area contributed by atoms with Crippen LogP contribution in [0.25, 0.3) is 0 Å². The minimum atomic E-state index is 0.204. The molecule has 0 spiro atoms. The van der Waals surface area contributed by atoms with E-state index in [0.29, 0.717) is 25.0 Å². The maximum absolute atomic E-state index is 5.32. The molecule has 0 aliphatic rings. The Morgan fingerprint density at radius 2 is 2.05 bits per heavy atom. The Kier molecular flexibility index (Phi) is 5.04. The quantitative estimate of drug-likeness (QED) is 0.496. The maximum atomic E-state index is 5.32. The molecule has 21 heavy (non-hydrogen) atoms. The Balaban J connectivity index is 2.09. The lowest BCUT2D eigenvalue weighted by Crippen LogP contribution is -2.14. The molecule has 9 heteroatoms. The highest BCUT2D eigenvalue weighted by atomic mass is 16.5. The van der Waals surface area contributed by atoms with Gasteiger partial charge in [-0.3, -0.25) is 5.43 Å². The number of nitrogens with zero attached hydrogens (tertiary/aromatic N) is 4. The second kappa shape index (κ2) is 7.20. The molecule has 0 fully saturated rings. The van der Waals surface area contributed by atoms with Crippen molar-refractivity contribution in [2.45, 2.75) is 13.5 Å². The Bertz CT molecular complexity index is 594. The first-order valence-electron chi connectivity index (χ1n) is 6.33. The highest BCUT2D eigenvalue weighted by molar-refractivity contribution is 5.36. The minimum Gasteiger partial charge on any atom is -0.481 e. The van der Waals surface area contributed by atoms with Crippen LogP contribution in [0.5, 0.6) is 11.9 Å². The topological polar surface area (TPSA) is 120 Å². The lowest BCUT2D eigenvalue weighted by atomic mass is 10.2. The molecule has 0 aliphatic carbocycles. The van der Waals surface area contributed by atoms with Crippen LogP contribution >= 0.6 is 0 Å². The van der Waals surface area contributed by atoms with Crippen molar-refractivity contribution in [1.82, 2.24) is 19.9 Å². The Morgan fingerprint density at radius 1 is 1.24 bits per heavy atom. The van der Waals surface area contributed by atoms with Gasteiger partial charge >= 0.3 is 6.01 Å². The van der Waals surface area contributed by atoms with Crippen molar-refractivity contribution in [3.8, 4) is 11.9 Å². The van der Waals surface area contributed by atoms with Gasteiger partial charge in [0.05, 0.1) is 13.7 Å². The van der Waals surface area contributed by atoms with E-state index in [9.17, 15) is 0 Å². The molecule has 0 radical (unpaired) electrons. The molecular weight excluding hydrogens is 274 g/mol. The van der Waals surface area contributed by atoms with Crippen molar-refractivity contribution in [2.75, 3.05) is 24.5 Å². The molecule has 0 atom stereocenters. The van der Waals surface area contributed by atoms with Crippen LogP contribution in [0, 0.1) is 0 Å². The van der Waals surface area contributed by atoms with Gasteiger partial charge in [0, 0.05) is 18.8 Å². The molecule has 2 aromatic heterocycles. The minimum absolute atomic E-state index is 0.204. The molecule has 112 valence electrons. The van der Waals surface area contributed by atoms with E-state index in [0.717, 1.165) is 5.56 Å². The average Bonchev–Trinajstić information content (AvgIpc) is 2.53. The third kappa shape index (κ3) is 4.14. The molecule has 0 aliphatic heterocycles. The summed E-state index contributed by atoms with van der Waals surface area (Å²) in [6.45, 7) is 2.79. The number of hydrogen-bond acceptors (Lipinski definition) is 9. The second-order valence-corrected chi connectivity index (χ2v) is 3.90. The summed E-state index contributed by atoms with van der Waals surface area (Å²) in [7, 11) is 1.57. The lowest BCUT2D eigenvalue weighted by Gasteiger charge is -2.09. The zero-order valence-electron chi connectivity index (χ0n) is 11.8. The van der Waals surface area contributed by atoms with Crippen molar-refractivity contribution in [2.24, 2.45) is 5.84 Å². The molecule has 0 bridgehead atoms. The number of rotatable bonds is 7. The molecule has 4 N–H and O–H groups in total. The van der Waals surface area contributed by atoms with Crippen molar-refractivity contribution in [3.05, 3.63) is 23.9 Å². The third-order valence-corrected chi connectivity index (χ3v) is 2.48. The molecule has 0 aromatic carbocycles. The Labute approximate surface area is 121 Å². The summed E-state index contributed by atoms with van der Waals surface area (Å²) in [5, 5.41) is 3.06. The van der Waals surface area contributed by atoms with Crippen LogP contribution in [0.4, 0.5) is 11.9 Å². The van der Waals surface area contributed by atoms with Crippen LogP contribution < -0.4 is 26.1 Å². The lowest BCUT2D eigenvalue weighted by molar-refractivity contribution is 0.312. The van der Waals surface area contributed by atoms with Gasteiger partial charge in [-0.05, 0) is 18.6 Å². The van der Waals surface area contributed by atoms with Crippen molar-refractivity contribution in [1.29, 1.82) is 0 Å². The van der Waals surface area contributed by atoms with Gasteiger partial charge in [-0.25, -0.2) is 10.8 Å². The van der Waals surface area contributed by atoms with E-state index in [-0.39, 0.29) is 12.0 Å². The molecule has 0 saturated carbocycles. The summed E-state index contributed by atoms with van der Waals surface area (Å²) in [5.41, 5.74) is 3.34. The number of nitrogens with two attached hydrogens (primary N) is 1. The summed E-state index contributed by atoms with van der Waals surface area (Å²) in [5.74, 6) is 6.45. The fraction of sp³-hybridized carbons (Fsp3) is 0.333. The number of nitrogens with one attached hydrogen (secondary N) is 2. The zero-order valence-corrected chi connectivity index (χ0v) is 11.8. The van der Waals surface area contributed by atoms with Crippen LogP contribution in [0.1, 0.15) is 12.5 Å². The molecule has 0 amide bonds. The number of anilines is 2. The fourth-order valence-corrected chi connectivity index (χ4v) is 1.55. The summed E-state index contributed by atoms with van der Waals surface area (Å²) in [6.07, 6.45) is 1.67.